The van der Waals surface area contributed by atoms with E-state index in [2.05, 4.69) is 12.3 Å². The van der Waals surface area contributed by atoms with Gasteiger partial charge in [0.15, 0.2) is 0 Å². The van der Waals surface area contributed by atoms with Crippen LogP contribution in [0.1, 0.15) is 45.4 Å². The maximum Gasteiger partial charge on any atom is 0.0580 e. The zero-order valence-corrected chi connectivity index (χ0v) is 11.6. The normalized spacial score (nSPS) is 31.0. The van der Waals surface area contributed by atoms with Gasteiger partial charge in [0, 0.05) is 25.9 Å². The van der Waals surface area contributed by atoms with Gasteiger partial charge in [0.1, 0.15) is 0 Å². The fourth-order valence-electron chi connectivity index (χ4n) is 3.26. The molecule has 1 atom stereocenters. The molecule has 0 spiro atoms. The van der Waals surface area contributed by atoms with E-state index < -0.39 is 0 Å². The lowest BCUT2D eigenvalue weighted by Crippen LogP contribution is -2.42. The molecular weight excluding hydrogens is 228 g/mol. The van der Waals surface area contributed by atoms with Crippen LogP contribution in [-0.4, -0.2) is 32.0 Å². The van der Waals surface area contributed by atoms with Crippen molar-refractivity contribution in [3.63, 3.8) is 0 Å². The Labute approximate surface area is 111 Å². The lowest BCUT2D eigenvalue weighted by Gasteiger charge is -2.37. The van der Waals surface area contributed by atoms with E-state index in [1.807, 2.05) is 0 Å². The minimum absolute atomic E-state index is 0.473. The summed E-state index contributed by atoms with van der Waals surface area (Å²) in [5.41, 5.74) is 3.01. The summed E-state index contributed by atoms with van der Waals surface area (Å²) < 4.78 is 11.0. The smallest absolute Gasteiger partial charge is 0.0580 e. The van der Waals surface area contributed by atoms with Crippen LogP contribution in [0, 0.1) is 11.8 Å². The third-order valence-electron chi connectivity index (χ3n) is 4.41. The third-order valence-corrected chi connectivity index (χ3v) is 4.41. The molecule has 0 radical (unpaired) electrons. The van der Waals surface area contributed by atoms with Crippen LogP contribution in [0.5, 0.6) is 0 Å². The number of nitrogens with two attached hydrogens (primary N) is 1. The van der Waals surface area contributed by atoms with Crippen molar-refractivity contribution >= 4 is 0 Å². The summed E-state index contributed by atoms with van der Waals surface area (Å²) in [5.74, 6) is 7.30. The van der Waals surface area contributed by atoms with Crippen molar-refractivity contribution in [1.29, 1.82) is 0 Å². The van der Waals surface area contributed by atoms with Gasteiger partial charge in [-0.3, -0.25) is 11.3 Å². The number of rotatable bonds is 7. The van der Waals surface area contributed by atoms with Crippen molar-refractivity contribution in [2.75, 3.05) is 19.8 Å². The Morgan fingerprint density at radius 1 is 1.22 bits per heavy atom. The van der Waals surface area contributed by atoms with E-state index in [0.29, 0.717) is 12.1 Å². The number of nitrogens with one attached hydrogen (secondary N) is 1. The fourth-order valence-corrected chi connectivity index (χ4v) is 3.26. The molecule has 4 heteroatoms. The van der Waals surface area contributed by atoms with Gasteiger partial charge < -0.3 is 9.47 Å². The van der Waals surface area contributed by atoms with Crippen molar-refractivity contribution in [3.05, 3.63) is 0 Å². The summed E-state index contributed by atoms with van der Waals surface area (Å²) in [7, 11) is 0. The SMILES string of the molecule is CCOC1CC(CC(CC2CCOCC2)NN)C1. The van der Waals surface area contributed by atoms with E-state index in [1.54, 1.807) is 0 Å². The summed E-state index contributed by atoms with van der Waals surface area (Å²) in [4.78, 5) is 0. The molecule has 2 rings (SSSR count). The summed E-state index contributed by atoms with van der Waals surface area (Å²) in [5, 5.41) is 0. The van der Waals surface area contributed by atoms with Crippen LogP contribution >= 0.6 is 0 Å². The molecule has 1 saturated carbocycles. The Morgan fingerprint density at radius 3 is 2.50 bits per heavy atom. The van der Waals surface area contributed by atoms with Crippen molar-refractivity contribution in [2.24, 2.45) is 17.7 Å². The number of ether oxygens (including phenoxy) is 2. The van der Waals surface area contributed by atoms with Crippen LogP contribution in [-0.2, 0) is 9.47 Å². The van der Waals surface area contributed by atoms with Crippen molar-refractivity contribution in [1.82, 2.24) is 5.43 Å². The molecule has 1 saturated heterocycles. The second-order valence-electron chi connectivity index (χ2n) is 5.81. The van der Waals surface area contributed by atoms with Gasteiger partial charge in [-0.05, 0) is 57.3 Å². The van der Waals surface area contributed by atoms with Crippen LogP contribution in [0.25, 0.3) is 0 Å². The van der Waals surface area contributed by atoms with Gasteiger partial charge in [-0.1, -0.05) is 0 Å². The quantitative estimate of drug-likeness (QED) is 0.539. The van der Waals surface area contributed by atoms with E-state index in [1.165, 1.54) is 38.5 Å². The monoisotopic (exact) mass is 256 g/mol. The minimum Gasteiger partial charge on any atom is -0.381 e. The van der Waals surface area contributed by atoms with Gasteiger partial charge in [0.25, 0.3) is 0 Å². The largest absolute Gasteiger partial charge is 0.381 e. The highest BCUT2D eigenvalue weighted by Gasteiger charge is 2.31. The first-order chi connectivity index (χ1) is 8.81. The molecule has 4 nitrogen and oxygen atoms in total. The molecule has 0 aromatic heterocycles. The van der Waals surface area contributed by atoms with Gasteiger partial charge in [0.2, 0.25) is 0 Å². The Hall–Kier alpha value is -0.160. The number of hydrazine groups is 1. The standard InChI is InChI=1S/C14H28N2O2/c1-2-18-14-9-12(10-14)8-13(16-15)7-11-3-5-17-6-4-11/h11-14,16H,2-10,15H2,1H3. The fraction of sp³-hybridized carbons (Fsp3) is 1.00. The highest BCUT2D eigenvalue weighted by atomic mass is 16.5. The zero-order valence-electron chi connectivity index (χ0n) is 11.6. The Morgan fingerprint density at radius 2 is 1.89 bits per heavy atom. The zero-order chi connectivity index (χ0) is 12.8. The Balaban J connectivity index is 1.63. The molecule has 1 heterocycles. The predicted octanol–water partition coefficient (Wildman–Crippen LogP) is 1.84. The molecule has 1 aliphatic carbocycles. The average molecular weight is 256 g/mol. The lowest BCUT2D eigenvalue weighted by atomic mass is 9.76. The predicted molar refractivity (Wildman–Crippen MR) is 72.0 cm³/mol. The Kier molecular flexibility index (Phi) is 5.89. The maximum absolute atomic E-state index is 5.70. The maximum atomic E-state index is 5.70. The molecule has 0 amide bonds. The third kappa shape index (κ3) is 4.19. The molecule has 18 heavy (non-hydrogen) atoms. The van der Waals surface area contributed by atoms with E-state index in [0.717, 1.165) is 31.7 Å². The summed E-state index contributed by atoms with van der Waals surface area (Å²) in [6.07, 6.45) is 7.77. The van der Waals surface area contributed by atoms with Gasteiger partial charge >= 0.3 is 0 Å². The van der Waals surface area contributed by atoms with Crippen molar-refractivity contribution in [3.8, 4) is 0 Å². The second-order valence-corrected chi connectivity index (χ2v) is 5.81. The highest BCUT2D eigenvalue weighted by Crippen LogP contribution is 2.35. The first kappa shape index (κ1) is 14.3. The van der Waals surface area contributed by atoms with Gasteiger partial charge in [0.05, 0.1) is 6.10 Å². The van der Waals surface area contributed by atoms with E-state index in [-0.39, 0.29) is 0 Å². The van der Waals surface area contributed by atoms with E-state index >= 15 is 0 Å². The molecule has 106 valence electrons. The molecule has 2 aliphatic rings. The summed E-state index contributed by atoms with van der Waals surface area (Å²) >= 11 is 0. The van der Waals surface area contributed by atoms with Gasteiger partial charge in [-0.25, -0.2) is 0 Å². The van der Waals surface area contributed by atoms with Crippen LogP contribution < -0.4 is 11.3 Å². The van der Waals surface area contributed by atoms with Crippen LogP contribution in [0.4, 0.5) is 0 Å². The molecule has 1 aliphatic heterocycles. The summed E-state index contributed by atoms with van der Waals surface area (Å²) in [6, 6.07) is 0.473. The average Bonchev–Trinajstić information content (AvgIpc) is 2.36. The molecule has 0 aromatic rings. The van der Waals surface area contributed by atoms with Gasteiger partial charge in [-0.2, -0.15) is 0 Å². The Bertz CT molecular complexity index is 226. The van der Waals surface area contributed by atoms with Crippen molar-refractivity contribution < 1.29 is 9.47 Å². The highest BCUT2D eigenvalue weighted by molar-refractivity contribution is 4.84. The van der Waals surface area contributed by atoms with Crippen LogP contribution in [0.3, 0.4) is 0 Å². The minimum atomic E-state index is 0.473. The molecule has 1 unspecified atom stereocenters. The first-order valence-corrected chi connectivity index (χ1v) is 7.47. The second kappa shape index (κ2) is 7.43. The molecule has 0 bridgehead atoms. The van der Waals surface area contributed by atoms with Crippen LogP contribution in [0.15, 0.2) is 0 Å². The molecule has 2 fully saturated rings. The van der Waals surface area contributed by atoms with Gasteiger partial charge in [-0.15, -0.1) is 0 Å². The van der Waals surface area contributed by atoms with E-state index in [4.69, 9.17) is 15.3 Å². The number of hydrogen-bond donors (Lipinski definition) is 2. The summed E-state index contributed by atoms with van der Waals surface area (Å²) in [6.45, 7) is 4.77. The molecule has 3 N–H and O–H groups in total. The molecule has 0 aromatic carbocycles. The first-order valence-electron chi connectivity index (χ1n) is 7.47. The molecular formula is C14H28N2O2. The topological polar surface area (TPSA) is 56.5 Å². The van der Waals surface area contributed by atoms with Crippen molar-refractivity contribution in [2.45, 2.75) is 57.6 Å². The number of hydrogen-bond acceptors (Lipinski definition) is 4. The van der Waals surface area contributed by atoms with E-state index in [9.17, 15) is 0 Å². The lowest BCUT2D eigenvalue weighted by molar-refractivity contribution is -0.0302. The van der Waals surface area contributed by atoms with Crippen LogP contribution in [0.2, 0.25) is 0 Å².